The summed E-state index contributed by atoms with van der Waals surface area (Å²) in [5.41, 5.74) is 0. The molecule has 3 aliphatic rings. The van der Waals surface area contributed by atoms with Crippen molar-refractivity contribution in [1.29, 1.82) is 0 Å². The van der Waals surface area contributed by atoms with E-state index in [0.29, 0.717) is 30.1 Å². The SMILES string of the molecule is C=CS(=O)(=O)N1CCN(C2CCCC(OC3CC(Cl)C(Cl)CC3I)N2)CC1. The van der Waals surface area contributed by atoms with Crippen LogP contribution in [0.25, 0.3) is 0 Å². The molecular weight excluding hydrogens is 524 g/mol. The van der Waals surface area contributed by atoms with Crippen molar-refractivity contribution in [3.63, 3.8) is 0 Å². The van der Waals surface area contributed by atoms with E-state index in [0.717, 1.165) is 37.5 Å². The van der Waals surface area contributed by atoms with Crippen molar-refractivity contribution in [2.75, 3.05) is 26.2 Å². The first kappa shape index (κ1) is 22.5. The number of sulfonamides is 1. The van der Waals surface area contributed by atoms with E-state index in [2.05, 4.69) is 39.4 Å². The molecule has 1 saturated carbocycles. The summed E-state index contributed by atoms with van der Waals surface area (Å²) in [5.74, 6) is 0. The van der Waals surface area contributed by atoms with Crippen LogP contribution >= 0.6 is 45.8 Å². The van der Waals surface area contributed by atoms with Gasteiger partial charge in [0.15, 0.2) is 0 Å². The Hall–Kier alpha value is 0.840. The van der Waals surface area contributed by atoms with Gasteiger partial charge in [0.05, 0.1) is 23.0 Å². The maximum atomic E-state index is 11.9. The first-order valence-corrected chi connectivity index (χ1v) is 13.1. The van der Waals surface area contributed by atoms with Crippen molar-refractivity contribution >= 4 is 55.8 Å². The molecule has 10 heteroatoms. The van der Waals surface area contributed by atoms with Crippen LogP contribution in [0.1, 0.15) is 32.1 Å². The lowest BCUT2D eigenvalue weighted by molar-refractivity contribution is -0.0775. The maximum Gasteiger partial charge on any atom is 0.235 e. The fourth-order valence-electron chi connectivity index (χ4n) is 4.03. The molecule has 1 N–H and O–H groups in total. The normalized spacial score (nSPS) is 40.0. The van der Waals surface area contributed by atoms with Crippen molar-refractivity contribution in [3.8, 4) is 0 Å². The fraction of sp³-hybridized carbons (Fsp3) is 0.882. The van der Waals surface area contributed by atoms with Crippen molar-refractivity contribution < 1.29 is 13.2 Å². The highest BCUT2D eigenvalue weighted by molar-refractivity contribution is 14.1. The highest BCUT2D eigenvalue weighted by Gasteiger charge is 2.37. The standard InChI is InChI=1S/C17H28Cl2IN3O3S/c1-2-27(24,25)23-8-6-22(7-9-23)16-4-3-5-17(21-16)26-15-11-13(19)12(18)10-14(15)20/h2,12-17,21H,1,3-11H2. The number of nitrogens with zero attached hydrogens (tertiary/aromatic N) is 2. The molecule has 156 valence electrons. The molecule has 2 saturated heterocycles. The second-order valence-corrected chi connectivity index (χ2v) is 12.0. The van der Waals surface area contributed by atoms with Crippen LogP contribution in [0.3, 0.4) is 0 Å². The third kappa shape index (κ3) is 5.71. The Morgan fingerprint density at radius 1 is 1.11 bits per heavy atom. The molecule has 6 atom stereocenters. The van der Waals surface area contributed by atoms with Crippen molar-refractivity contribution in [1.82, 2.24) is 14.5 Å². The molecule has 2 heterocycles. The van der Waals surface area contributed by atoms with Gasteiger partial charge in [-0.1, -0.05) is 29.2 Å². The molecule has 0 amide bonds. The zero-order chi connectivity index (χ0) is 19.6. The Morgan fingerprint density at radius 3 is 2.44 bits per heavy atom. The number of ether oxygens (including phenoxy) is 1. The Labute approximate surface area is 186 Å². The topological polar surface area (TPSA) is 61.9 Å². The molecule has 0 aromatic carbocycles. The number of alkyl halides is 3. The Bertz CT molecular complexity index is 619. The Kier molecular flexibility index (Phi) is 8.15. The summed E-state index contributed by atoms with van der Waals surface area (Å²) < 4.78 is 32.1. The molecule has 0 radical (unpaired) electrons. The average molecular weight is 552 g/mol. The lowest BCUT2D eigenvalue weighted by Gasteiger charge is -2.44. The highest BCUT2D eigenvalue weighted by Crippen LogP contribution is 2.35. The second kappa shape index (κ2) is 9.76. The van der Waals surface area contributed by atoms with E-state index < -0.39 is 10.0 Å². The number of nitrogens with one attached hydrogen (secondary N) is 1. The predicted molar refractivity (Wildman–Crippen MR) is 118 cm³/mol. The molecule has 1 aliphatic carbocycles. The van der Waals surface area contributed by atoms with E-state index in [4.69, 9.17) is 27.9 Å². The van der Waals surface area contributed by atoms with E-state index in [1.807, 2.05) is 0 Å². The van der Waals surface area contributed by atoms with Crippen molar-refractivity contribution in [2.24, 2.45) is 0 Å². The summed E-state index contributed by atoms with van der Waals surface area (Å²) in [6.45, 7) is 5.84. The summed E-state index contributed by atoms with van der Waals surface area (Å²) in [5, 5.41) is 4.63. The van der Waals surface area contributed by atoms with Gasteiger partial charge in [0, 0.05) is 35.5 Å². The summed E-state index contributed by atoms with van der Waals surface area (Å²) in [4.78, 5) is 2.33. The minimum Gasteiger partial charge on any atom is -0.359 e. The first-order valence-electron chi connectivity index (χ1n) is 9.50. The number of piperidine rings is 1. The first-order chi connectivity index (χ1) is 12.8. The van der Waals surface area contributed by atoms with E-state index >= 15 is 0 Å². The fourth-order valence-corrected chi connectivity index (χ4v) is 6.80. The van der Waals surface area contributed by atoms with Gasteiger partial charge in [-0.05, 0) is 32.1 Å². The third-order valence-electron chi connectivity index (χ3n) is 5.65. The van der Waals surface area contributed by atoms with Crippen LogP contribution in [0.2, 0.25) is 0 Å². The van der Waals surface area contributed by atoms with Crippen LogP contribution in [0, 0.1) is 0 Å². The quantitative estimate of drug-likeness (QED) is 0.420. The van der Waals surface area contributed by atoms with Crippen LogP contribution in [0.15, 0.2) is 12.0 Å². The van der Waals surface area contributed by atoms with Crippen LogP contribution < -0.4 is 5.32 Å². The van der Waals surface area contributed by atoms with Crippen molar-refractivity contribution in [3.05, 3.63) is 12.0 Å². The molecule has 0 aromatic rings. The third-order valence-corrected chi connectivity index (χ3v) is 9.56. The Morgan fingerprint density at radius 2 is 1.78 bits per heavy atom. The van der Waals surface area contributed by atoms with Crippen LogP contribution in [0.4, 0.5) is 0 Å². The zero-order valence-electron chi connectivity index (χ0n) is 15.3. The summed E-state index contributed by atoms with van der Waals surface area (Å²) in [6.07, 6.45) is 5.13. The highest BCUT2D eigenvalue weighted by atomic mass is 127. The number of halogens is 3. The van der Waals surface area contributed by atoms with E-state index in [1.165, 1.54) is 4.31 Å². The second-order valence-electron chi connectivity index (χ2n) is 7.44. The minimum atomic E-state index is -3.32. The molecule has 0 spiro atoms. The summed E-state index contributed by atoms with van der Waals surface area (Å²) in [7, 11) is -3.32. The maximum absolute atomic E-state index is 11.9. The number of hydrogen-bond donors (Lipinski definition) is 1. The lowest BCUT2D eigenvalue weighted by atomic mass is 9.96. The average Bonchev–Trinajstić information content (AvgIpc) is 2.66. The molecule has 6 unspecified atom stereocenters. The van der Waals surface area contributed by atoms with Gasteiger partial charge in [0.2, 0.25) is 10.0 Å². The van der Waals surface area contributed by atoms with Gasteiger partial charge in [0.25, 0.3) is 0 Å². The van der Waals surface area contributed by atoms with E-state index in [9.17, 15) is 8.42 Å². The molecule has 0 bridgehead atoms. The molecular formula is C17H28Cl2IN3O3S. The number of rotatable bonds is 5. The molecule has 3 fully saturated rings. The van der Waals surface area contributed by atoms with Gasteiger partial charge in [-0.2, -0.15) is 4.31 Å². The molecule has 27 heavy (non-hydrogen) atoms. The van der Waals surface area contributed by atoms with Gasteiger partial charge in [-0.15, -0.1) is 23.2 Å². The van der Waals surface area contributed by atoms with Gasteiger partial charge < -0.3 is 4.74 Å². The summed E-state index contributed by atoms with van der Waals surface area (Å²) >= 11 is 15.1. The predicted octanol–water partition coefficient (Wildman–Crippen LogP) is 2.70. The largest absolute Gasteiger partial charge is 0.359 e. The van der Waals surface area contributed by atoms with Gasteiger partial charge in [0.1, 0.15) is 6.23 Å². The Balaban J connectivity index is 1.51. The molecule has 6 nitrogen and oxygen atoms in total. The van der Waals surface area contributed by atoms with E-state index in [-0.39, 0.29) is 29.3 Å². The number of piperazine rings is 1. The van der Waals surface area contributed by atoms with Gasteiger partial charge in [-0.25, -0.2) is 8.42 Å². The molecule has 3 rings (SSSR count). The van der Waals surface area contributed by atoms with Crippen LogP contribution in [-0.4, -0.2) is 77.0 Å². The van der Waals surface area contributed by atoms with Gasteiger partial charge in [-0.3, -0.25) is 10.2 Å². The lowest BCUT2D eigenvalue weighted by Crippen LogP contribution is -2.59. The van der Waals surface area contributed by atoms with Gasteiger partial charge >= 0.3 is 0 Å². The zero-order valence-corrected chi connectivity index (χ0v) is 19.8. The van der Waals surface area contributed by atoms with E-state index in [1.54, 1.807) is 0 Å². The molecule has 2 aliphatic heterocycles. The van der Waals surface area contributed by atoms with Crippen LogP contribution in [-0.2, 0) is 14.8 Å². The van der Waals surface area contributed by atoms with Crippen LogP contribution in [0.5, 0.6) is 0 Å². The van der Waals surface area contributed by atoms with Crippen molar-refractivity contribution in [2.45, 2.75) is 65.3 Å². The number of hydrogen-bond acceptors (Lipinski definition) is 5. The monoisotopic (exact) mass is 551 g/mol. The molecule has 0 aromatic heterocycles. The smallest absolute Gasteiger partial charge is 0.235 e. The summed E-state index contributed by atoms with van der Waals surface area (Å²) in [6, 6.07) is 0. The minimum absolute atomic E-state index is 0.0108.